The summed E-state index contributed by atoms with van der Waals surface area (Å²) in [4.78, 5) is 13.5. The summed E-state index contributed by atoms with van der Waals surface area (Å²) in [5, 5.41) is 20.7. The van der Waals surface area contributed by atoms with Crippen LogP contribution in [0.5, 0.6) is 0 Å². The second-order valence-corrected chi connectivity index (χ2v) is 4.91. The lowest BCUT2D eigenvalue weighted by molar-refractivity contribution is -0.117. The third-order valence-corrected chi connectivity index (χ3v) is 3.03. The number of aliphatic hydroxyl groups excluding tert-OH is 2. The quantitative estimate of drug-likeness (QED) is 0.682. The van der Waals surface area contributed by atoms with Crippen LogP contribution in [0.2, 0.25) is 5.02 Å². The summed E-state index contributed by atoms with van der Waals surface area (Å²) in [5.74, 6) is -0.397. The molecule has 0 aliphatic rings. The van der Waals surface area contributed by atoms with Crippen molar-refractivity contribution in [2.75, 3.05) is 32.2 Å². The van der Waals surface area contributed by atoms with Gasteiger partial charge in [0, 0.05) is 30.9 Å². The second kappa shape index (κ2) is 7.89. The van der Waals surface area contributed by atoms with Crippen molar-refractivity contribution in [1.82, 2.24) is 5.32 Å². The highest BCUT2D eigenvalue weighted by Gasteiger charge is 2.07. The molecule has 0 aliphatic heterocycles. The molecule has 1 amide bonds. The molecule has 0 aromatic heterocycles. The van der Waals surface area contributed by atoms with Gasteiger partial charge in [0.2, 0.25) is 5.91 Å². The Hall–Kier alpha value is -1.56. The predicted octanol–water partition coefficient (Wildman–Crippen LogP) is 0.889. The standard InChI is InChI=1S/C14H19ClN2O3/c1-17(2)12-5-3-10(13(15)7-12)4-6-14(20)16-11(8-18)9-19/h3-7,11,18-19H,8-9H2,1-2H3,(H,16,20). The molecule has 6 heteroatoms. The molecule has 0 saturated heterocycles. The Kier molecular flexibility index (Phi) is 6.51. The number of carbonyl (C=O) groups excluding carboxylic acids is 1. The summed E-state index contributed by atoms with van der Waals surface area (Å²) in [5.41, 5.74) is 1.69. The van der Waals surface area contributed by atoms with E-state index in [0.717, 1.165) is 11.3 Å². The van der Waals surface area contributed by atoms with Crippen molar-refractivity contribution in [2.24, 2.45) is 0 Å². The number of nitrogens with zero attached hydrogens (tertiary/aromatic N) is 1. The van der Waals surface area contributed by atoms with E-state index in [4.69, 9.17) is 21.8 Å². The first kappa shape index (κ1) is 16.5. The number of hydrogen-bond donors (Lipinski definition) is 3. The third-order valence-electron chi connectivity index (χ3n) is 2.70. The van der Waals surface area contributed by atoms with E-state index >= 15 is 0 Å². The Balaban J connectivity index is 2.73. The molecule has 1 aromatic carbocycles. The van der Waals surface area contributed by atoms with Crippen molar-refractivity contribution < 1.29 is 15.0 Å². The number of anilines is 1. The van der Waals surface area contributed by atoms with Crippen LogP contribution in [-0.4, -0.2) is 49.5 Å². The molecule has 0 spiro atoms. The van der Waals surface area contributed by atoms with Crippen LogP contribution in [0.3, 0.4) is 0 Å². The van der Waals surface area contributed by atoms with Crippen LogP contribution in [0.15, 0.2) is 24.3 Å². The smallest absolute Gasteiger partial charge is 0.244 e. The van der Waals surface area contributed by atoms with E-state index in [1.165, 1.54) is 6.08 Å². The fourth-order valence-electron chi connectivity index (χ4n) is 1.49. The zero-order chi connectivity index (χ0) is 15.1. The van der Waals surface area contributed by atoms with Crippen molar-refractivity contribution in [3.8, 4) is 0 Å². The number of carbonyl (C=O) groups is 1. The Morgan fingerprint density at radius 2 is 2.05 bits per heavy atom. The molecular weight excluding hydrogens is 280 g/mol. The number of nitrogens with one attached hydrogen (secondary N) is 1. The van der Waals surface area contributed by atoms with Crippen molar-refractivity contribution in [1.29, 1.82) is 0 Å². The molecule has 0 atom stereocenters. The molecule has 1 aromatic rings. The van der Waals surface area contributed by atoms with Gasteiger partial charge in [-0.15, -0.1) is 0 Å². The number of aliphatic hydroxyl groups is 2. The lowest BCUT2D eigenvalue weighted by Crippen LogP contribution is -2.39. The topological polar surface area (TPSA) is 72.8 Å². The highest BCUT2D eigenvalue weighted by atomic mass is 35.5. The van der Waals surface area contributed by atoms with Gasteiger partial charge >= 0.3 is 0 Å². The lowest BCUT2D eigenvalue weighted by atomic mass is 10.2. The molecule has 0 fully saturated rings. The highest BCUT2D eigenvalue weighted by molar-refractivity contribution is 6.32. The van der Waals surface area contributed by atoms with Gasteiger partial charge in [-0.1, -0.05) is 17.7 Å². The van der Waals surface area contributed by atoms with E-state index in [1.807, 2.05) is 37.2 Å². The molecule has 0 aliphatic carbocycles. The summed E-state index contributed by atoms with van der Waals surface area (Å²) in [7, 11) is 3.83. The highest BCUT2D eigenvalue weighted by Crippen LogP contribution is 2.23. The average molecular weight is 299 g/mol. The number of hydrogen-bond acceptors (Lipinski definition) is 4. The van der Waals surface area contributed by atoms with E-state index in [0.29, 0.717) is 5.02 Å². The van der Waals surface area contributed by atoms with E-state index in [-0.39, 0.29) is 13.2 Å². The minimum absolute atomic E-state index is 0.311. The van der Waals surface area contributed by atoms with Crippen molar-refractivity contribution >= 4 is 29.3 Å². The van der Waals surface area contributed by atoms with Crippen molar-refractivity contribution in [3.63, 3.8) is 0 Å². The number of rotatable bonds is 6. The molecule has 0 bridgehead atoms. The Bertz CT molecular complexity index is 485. The first-order valence-corrected chi connectivity index (χ1v) is 6.53. The summed E-state index contributed by atoms with van der Waals surface area (Å²) >= 11 is 6.13. The fourth-order valence-corrected chi connectivity index (χ4v) is 1.73. The Labute approximate surface area is 123 Å². The first-order chi connectivity index (χ1) is 9.47. The van der Waals surface area contributed by atoms with Gasteiger partial charge in [-0.2, -0.15) is 0 Å². The third kappa shape index (κ3) is 4.85. The van der Waals surface area contributed by atoms with Gasteiger partial charge < -0.3 is 20.4 Å². The van der Waals surface area contributed by atoms with Crippen LogP contribution in [0.4, 0.5) is 5.69 Å². The van der Waals surface area contributed by atoms with Crippen LogP contribution in [0.25, 0.3) is 6.08 Å². The van der Waals surface area contributed by atoms with Gasteiger partial charge in [0.1, 0.15) is 0 Å². The van der Waals surface area contributed by atoms with E-state index in [9.17, 15) is 4.79 Å². The second-order valence-electron chi connectivity index (χ2n) is 4.50. The van der Waals surface area contributed by atoms with Crippen molar-refractivity contribution in [2.45, 2.75) is 6.04 Å². The van der Waals surface area contributed by atoms with E-state index < -0.39 is 11.9 Å². The van der Waals surface area contributed by atoms with Gasteiger partial charge in [0.05, 0.1) is 19.3 Å². The lowest BCUT2D eigenvalue weighted by Gasteiger charge is -2.13. The maximum absolute atomic E-state index is 11.6. The minimum atomic E-state index is -0.654. The van der Waals surface area contributed by atoms with Crippen LogP contribution in [-0.2, 0) is 4.79 Å². The Morgan fingerprint density at radius 3 is 2.55 bits per heavy atom. The van der Waals surface area contributed by atoms with Crippen LogP contribution < -0.4 is 10.2 Å². The number of amides is 1. The summed E-state index contributed by atoms with van der Waals surface area (Å²) < 4.78 is 0. The monoisotopic (exact) mass is 298 g/mol. The maximum atomic E-state index is 11.6. The predicted molar refractivity (Wildman–Crippen MR) is 80.9 cm³/mol. The summed E-state index contributed by atoms with van der Waals surface area (Å²) in [6, 6.07) is 4.87. The zero-order valence-corrected chi connectivity index (χ0v) is 12.3. The zero-order valence-electron chi connectivity index (χ0n) is 11.5. The maximum Gasteiger partial charge on any atom is 0.244 e. The average Bonchev–Trinajstić information content (AvgIpc) is 2.43. The molecule has 0 heterocycles. The van der Waals surface area contributed by atoms with Crippen LogP contribution in [0.1, 0.15) is 5.56 Å². The van der Waals surface area contributed by atoms with E-state index in [1.54, 1.807) is 6.08 Å². The molecule has 110 valence electrons. The minimum Gasteiger partial charge on any atom is -0.394 e. The molecule has 0 saturated carbocycles. The summed E-state index contributed by atoms with van der Waals surface area (Å²) in [6.07, 6.45) is 2.90. The molecule has 0 radical (unpaired) electrons. The first-order valence-electron chi connectivity index (χ1n) is 6.15. The Morgan fingerprint density at radius 1 is 1.40 bits per heavy atom. The number of halogens is 1. The normalized spacial score (nSPS) is 11.1. The SMILES string of the molecule is CN(C)c1ccc(C=CC(=O)NC(CO)CO)c(Cl)c1. The summed E-state index contributed by atoms with van der Waals surface area (Å²) in [6.45, 7) is -0.622. The van der Waals surface area contributed by atoms with Gasteiger partial charge in [0.15, 0.2) is 0 Å². The van der Waals surface area contributed by atoms with Crippen molar-refractivity contribution in [3.05, 3.63) is 34.9 Å². The largest absolute Gasteiger partial charge is 0.394 e. The van der Waals surface area contributed by atoms with Crippen LogP contribution >= 0.6 is 11.6 Å². The molecule has 0 unspecified atom stereocenters. The molecule has 3 N–H and O–H groups in total. The van der Waals surface area contributed by atoms with Gasteiger partial charge in [-0.05, 0) is 23.8 Å². The van der Waals surface area contributed by atoms with Gasteiger partial charge in [-0.3, -0.25) is 4.79 Å². The molecule has 5 nitrogen and oxygen atoms in total. The van der Waals surface area contributed by atoms with Crippen LogP contribution in [0, 0.1) is 0 Å². The molecule has 1 rings (SSSR count). The fraction of sp³-hybridized carbons (Fsp3) is 0.357. The van der Waals surface area contributed by atoms with Gasteiger partial charge in [0.25, 0.3) is 0 Å². The molecule has 20 heavy (non-hydrogen) atoms. The van der Waals surface area contributed by atoms with Gasteiger partial charge in [-0.25, -0.2) is 0 Å². The number of benzene rings is 1. The van der Waals surface area contributed by atoms with E-state index in [2.05, 4.69) is 5.32 Å². The molecular formula is C14H19ClN2O3.